The molecular weight excluding hydrogens is 330 g/mol. The van der Waals surface area contributed by atoms with Crippen molar-refractivity contribution in [3.63, 3.8) is 0 Å². The summed E-state index contributed by atoms with van der Waals surface area (Å²) in [6.45, 7) is 6.01. The number of benzene rings is 1. The second-order valence-electron chi connectivity index (χ2n) is 5.54. The summed E-state index contributed by atoms with van der Waals surface area (Å²) in [5.74, 6) is 0. The second kappa shape index (κ2) is 6.11. The monoisotopic (exact) mass is 347 g/mol. The van der Waals surface area contributed by atoms with Gasteiger partial charge in [0, 0.05) is 36.8 Å². The lowest BCUT2D eigenvalue weighted by Gasteiger charge is -2.36. The number of nitro groups is 1. The third-order valence-electron chi connectivity index (χ3n) is 3.80. The molecule has 1 fully saturated rings. The van der Waals surface area contributed by atoms with Crippen molar-refractivity contribution in [2.45, 2.75) is 37.8 Å². The van der Waals surface area contributed by atoms with Crippen molar-refractivity contribution in [1.82, 2.24) is 9.62 Å². The summed E-state index contributed by atoms with van der Waals surface area (Å²) < 4.78 is 27.0. The number of nitrogens with one attached hydrogen (secondary N) is 1. The molecule has 2 unspecified atom stereocenters. The molecular formula is C13H18ClN3O4S. The summed E-state index contributed by atoms with van der Waals surface area (Å²) in [7, 11) is -3.83. The highest BCUT2D eigenvalue weighted by Crippen LogP contribution is 2.31. The number of nitro benzene ring substituents is 1. The van der Waals surface area contributed by atoms with Gasteiger partial charge in [-0.15, -0.1) is 0 Å². The first-order valence-electron chi connectivity index (χ1n) is 6.84. The minimum absolute atomic E-state index is 0.0156. The Morgan fingerprint density at radius 3 is 2.64 bits per heavy atom. The second-order valence-corrected chi connectivity index (χ2v) is 7.84. The predicted octanol–water partition coefficient (Wildman–Crippen LogP) is 1.93. The highest BCUT2D eigenvalue weighted by atomic mass is 35.5. The van der Waals surface area contributed by atoms with Crippen LogP contribution < -0.4 is 5.32 Å². The van der Waals surface area contributed by atoms with Gasteiger partial charge in [-0.05, 0) is 26.8 Å². The number of nitrogens with zero attached hydrogens (tertiary/aromatic N) is 2. The van der Waals surface area contributed by atoms with Gasteiger partial charge in [-0.2, -0.15) is 4.31 Å². The van der Waals surface area contributed by atoms with E-state index in [0.717, 1.165) is 6.07 Å². The third kappa shape index (κ3) is 3.10. The Bertz CT molecular complexity index is 707. The zero-order chi connectivity index (χ0) is 16.7. The third-order valence-corrected chi connectivity index (χ3v) is 6.15. The van der Waals surface area contributed by atoms with Crippen molar-refractivity contribution in [3.05, 3.63) is 32.8 Å². The Morgan fingerprint density at radius 1 is 1.41 bits per heavy atom. The Balaban J connectivity index is 2.52. The average molecular weight is 348 g/mol. The maximum absolute atomic E-state index is 12.8. The lowest BCUT2D eigenvalue weighted by Crippen LogP contribution is -2.56. The molecule has 7 nitrogen and oxygen atoms in total. The molecule has 0 aliphatic carbocycles. The van der Waals surface area contributed by atoms with Crippen LogP contribution in [0.1, 0.15) is 19.4 Å². The van der Waals surface area contributed by atoms with Gasteiger partial charge in [0.2, 0.25) is 10.0 Å². The van der Waals surface area contributed by atoms with E-state index in [1.54, 1.807) is 6.92 Å². The molecule has 1 N–H and O–H groups in total. The molecule has 0 saturated carbocycles. The van der Waals surface area contributed by atoms with Crippen LogP contribution in [0.5, 0.6) is 0 Å². The fraction of sp³-hybridized carbons (Fsp3) is 0.538. The summed E-state index contributed by atoms with van der Waals surface area (Å²) in [4.78, 5) is 10.3. The van der Waals surface area contributed by atoms with Crippen molar-refractivity contribution in [1.29, 1.82) is 0 Å². The van der Waals surface area contributed by atoms with E-state index in [-0.39, 0.29) is 33.3 Å². The Kier molecular flexibility index (Phi) is 4.76. The van der Waals surface area contributed by atoms with Crippen LogP contribution >= 0.6 is 11.6 Å². The molecule has 0 amide bonds. The van der Waals surface area contributed by atoms with E-state index in [1.807, 2.05) is 6.92 Å². The van der Waals surface area contributed by atoms with E-state index >= 15 is 0 Å². The molecule has 0 bridgehead atoms. The number of hydrogen-bond acceptors (Lipinski definition) is 5. The van der Waals surface area contributed by atoms with Crippen LogP contribution in [0.15, 0.2) is 17.0 Å². The van der Waals surface area contributed by atoms with Crippen molar-refractivity contribution in [2.24, 2.45) is 0 Å². The summed E-state index contributed by atoms with van der Waals surface area (Å²) in [6.07, 6.45) is 0. The molecule has 22 heavy (non-hydrogen) atoms. The Labute approximate surface area is 134 Å². The van der Waals surface area contributed by atoms with Crippen molar-refractivity contribution >= 4 is 27.3 Å². The van der Waals surface area contributed by atoms with Gasteiger partial charge < -0.3 is 5.32 Å². The molecule has 1 aromatic carbocycles. The molecule has 9 heteroatoms. The highest BCUT2D eigenvalue weighted by molar-refractivity contribution is 7.89. The van der Waals surface area contributed by atoms with Gasteiger partial charge in [-0.3, -0.25) is 10.1 Å². The first-order valence-corrected chi connectivity index (χ1v) is 8.66. The van der Waals surface area contributed by atoms with Crippen LogP contribution in [0.4, 0.5) is 5.69 Å². The molecule has 1 saturated heterocycles. The normalized spacial score (nSPS) is 23.5. The summed E-state index contributed by atoms with van der Waals surface area (Å²) >= 11 is 5.97. The Hall–Kier alpha value is -1.22. The molecule has 1 aromatic rings. The molecule has 1 heterocycles. The zero-order valence-corrected chi connectivity index (χ0v) is 14.1. The zero-order valence-electron chi connectivity index (χ0n) is 12.5. The van der Waals surface area contributed by atoms with Gasteiger partial charge in [0.25, 0.3) is 5.69 Å². The van der Waals surface area contributed by atoms with Crippen LogP contribution in [0.2, 0.25) is 5.02 Å². The van der Waals surface area contributed by atoms with Gasteiger partial charge >= 0.3 is 0 Å². The van der Waals surface area contributed by atoms with Crippen LogP contribution in [0, 0.1) is 17.0 Å². The number of rotatable bonds is 3. The topological polar surface area (TPSA) is 92.6 Å². The van der Waals surface area contributed by atoms with E-state index in [9.17, 15) is 18.5 Å². The van der Waals surface area contributed by atoms with Gasteiger partial charge in [-0.25, -0.2) is 8.42 Å². The lowest BCUT2D eigenvalue weighted by molar-refractivity contribution is -0.385. The van der Waals surface area contributed by atoms with E-state index in [4.69, 9.17) is 11.6 Å². The van der Waals surface area contributed by atoms with Crippen LogP contribution in [0.25, 0.3) is 0 Å². The first-order chi connectivity index (χ1) is 10.1. The molecule has 0 radical (unpaired) electrons. The number of sulfonamides is 1. The molecule has 0 spiro atoms. The van der Waals surface area contributed by atoms with Crippen LogP contribution in [0.3, 0.4) is 0 Å². The van der Waals surface area contributed by atoms with Gasteiger partial charge in [0.15, 0.2) is 0 Å². The quantitative estimate of drug-likeness (QED) is 0.666. The summed E-state index contributed by atoms with van der Waals surface area (Å²) in [5.41, 5.74) is -0.0331. The fourth-order valence-corrected chi connectivity index (χ4v) is 4.48. The first kappa shape index (κ1) is 17.1. The largest absolute Gasteiger partial charge is 0.311 e. The van der Waals surface area contributed by atoms with Crippen LogP contribution in [-0.4, -0.2) is 42.8 Å². The maximum atomic E-state index is 12.8. The number of halogens is 1. The number of piperazine rings is 1. The van der Waals surface area contributed by atoms with Gasteiger partial charge in [-0.1, -0.05) is 11.6 Å². The molecule has 1 aliphatic rings. The van der Waals surface area contributed by atoms with Crippen molar-refractivity contribution in [2.75, 3.05) is 13.1 Å². The van der Waals surface area contributed by atoms with E-state index < -0.39 is 14.9 Å². The van der Waals surface area contributed by atoms with E-state index in [1.165, 1.54) is 17.3 Å². The average Bonchev–Trinajstić information content (AvgIpc) is 2.43. The van der Waals surface area contributed by atoms with Gasteiger partial charge in [0.05, 0.1) is 14.8 Å². The van der Waals surface area contributed by atoms with E-state index in [2.05, 4.69) is 5.32 Å². The fourth-order valence-electron chi connectivity index (χ4n) is 2.44. The van der Waals surface area contributed by atoms with E-state index in [0.29, 0.717) is 13.1 Å². The van der Waals surface area contributed by atoms with Crippen molar-refractivity contribution in [3.8, 4) is 0 Å². The lowest BCUT2D eigenvalue weighted by atomic mass is 10.2. The molecule has 2 atom stereocenters. The van der Waals surface area contributed by atoms with Gasteiger partial charge in [0.1, 0.15) is 0 Å². The SMILES string of the molecule is Cc1c(Cl)cc(S(=O)(=O)N2CC(C)NCC2C)cc1[N+](=O)[O-]. The van der Waals surface area contributed by atoms with Crippen molar-refractivity contribution < 1.29 is 13.3 Å². The molecule has 0 aromatic heterocycles. The number of hydrogen-bond donors (Lipinski definition) is 1. The molecule has 122 valence electrons. The smallest absolute Gasteiger partial charge is 0.275 e. The summed E-state index contributed by atoms with van der Waals surface area (Å²) in [5, 5.41) is 14.3. The summed E-state index contributed by atoms with van der Waals surface area (Å²) in [6, 6.07) is 2.14. The standard InChI is InChI=1S/C13H18ClN3O4S/c1-8-7-16(9(2)6-15-8)22(20,21)11-4-12(14)10(3)13(5-11)17(18)19/h4-5,8-9,15H,6-7H2,1-3H3. The van der Waals surface area contributed by atoms with Crippen LogP contribution in [-0.2, 0) is 10.0 Å². The highest BCUT2D eigenvalue weighted by Gasteiger charge is 2.34. The molecule has 1 aliphatic heterocycles. The maximum Gasteiger partial charge on any atom is 0.275 e. The minimum Gasteiger partial charge on any atom is -0.311 e. The minimum atomic E-state index is -3.83. The molecule has 2 rings (SSSR count). The Morgan fingerprint density at radius 2 is 2.05 bits per heavy atom. The predicted molar refractivity (Wildman–Crippen MR) is 83.7 cm³/mol.